The lowest BCUT2D eigenvalue weighted by molar-refractivity contribution is 0.228. The van der Waals surface area contributed by atoms with E-state index in [2.05, 4.69) is 63.0 Å². The summed E-state index contributed by atoms with van der Waals surface area (Å²) in [5.74, 6) is 0. The van der Waals surface area contributed by atoms with Crippen LogP contribution in [0.1, 0.15) is 31.7 Å². The molecule has 1 aromatic carbocycles. The third-order valence-corrected chi connectivity index (χ3v) is 3.66. The Kier molecular flexibility index (Phi) is 6.37. The largest absolute Gasteiger partial charge is 0.411 e. The number of rotatable bonds is 7. The van der Waals surface area contributed by atoms with Gasteiger partial charge in [0.15, 0.2) is 8.32 Å². The molecule has 18 heavy (non-hydrogen) atoms. The molecule has 1 aromatic rings. The van der Waals surface area contributed by atoms with E-state index in [0.29, 0.717) is 0 Å². The van der Waals surface area contributed by atoms with Crippen molar-refractivity contribution in [1.82, 2.24) is 0 Å². The maximum absolute atomic E-state index is 6.21. The monoisotopic (exact) mass is 262 g/mol. The van der Waals surface area contributed by atoms with Gasteiger partial charge in [0.05, 0.1) is 6.10 Å². The predicted octanol–water partition coefficient (Wildman–Crippen LogP) is 5.11. The molecule has 2 heteroatoms. The van der Waals surface area contributed by atoms with Gasteiger partial charge in [-0.05, 0) is 31.6 Å². The summed E-state index contributed by atoms with van der Waals surface area (Å²) in [6, 6.07) is 10.4. The molecule has 1 unspecified atom stereocenters. The molecule has 0 saturated heterocycles. The number of hydrogen-bond acceptors (Lipinski definition) is 1. The number of benzene rings is 1. The van der Waals surface area contributed by atoms with E-state index in [9.17, 15) is 0 Å². The van der Waals surface area contributed by atoms with Gasteiger partial charge in [0, 0.05) is 0 Å². The Morgan fingerprint density at radius 1 is 1.17 bits per heavy atom. The average Bonchev–Trinajstić information content (AvgIpc) is 2.32. The van der Waals surface area contributed by atoms with Crippen molar-refractivity contribution < 1.29 is 4.43 Å². The predicted molar refractivity (Wildman–Crippen MR) is 83.2 cm³/mol. The fraction of sp³-hybridized carbons (Fsp3) is 0.500. The second-order valence-corrected chi connectivity index (χ2v) is 10.1. The van der Waals surface area contributed by atoms with Crippen molar-refractivity contribution in [3.63, 3.8) is 0 Å². The molecule has 0 fully saturated rings. The molecular formula is C16H26OSi. The van der Waals surface area contributed by atoms with Gasteiger partial charge in [-0.15, -0.1) is 0 Å². The smallest absolute Gasteiger partial charge is 0.184 e. The molecule has 0 bridgehead atoms. The van der Waals surface area contributed by atoms with E-state index >= 15 is 0 Å². The molecule has 0 saturated carbocycles. The Hall–Kier alpha value is -0.863. The van der Waals surface area contributed by atoms with Crippen molar-refractivity contribution in [1.29, 1.82) is 0 Å². The maximum Gasteiger partial charge on any atom is 0.184 e. The molecule has 0 aliphatic carbocycles. The molecule has 1 atom stereocenters. The lowest BCUT2D eigenvalue weighted by Gasteiger charge is -2.24. The summed E-state index contributed by atoms with van der Waals surface area (Å²) in [6.07, 6.45) is 8.27. The van der Waals surface area contributed by atoms with Gasteiger partial charge in [-0.2, -0.15) is 0 Å². The van der Waals surface area contributed by atoms with E-state index in [1.54, 1.807) is 0 Å². The highest BCUT2D eigenvalue weighted by atomic mass is 28.4. The molecule has 0 heterocycles. The zero-order valence-electron chi connectivity index (χ0n) is 12.1. The van der Waals surface area contributed by atoms with E-state index in [-0.39, 0.29) is 6.10 Å². The van der Waals surface area contributed by atoms with Crippen LogP contribution in [0, 0.1) is 0 Å². The topological polar surface area (TPSA) is 9.23 Å². The van der Waals surface area contributed by atoms with Crippen LogP contribution in [0.15, 0.2) is 36.4 Å². The zero-order chi connectivity index (χ0) is 13.4. The van der Waals surface area contributed by atoms with Gasteiger partial charge in [-0.25, -0.2) is 0 Å². The SMILES string of the molecule is CCCCC(/C=C/c1ccccc1)O[Si](C)(C)C. The third-order valence-electron chi connectivity index (χ3n) is 2.65. The van der Waals surface area contributed by atoms with Crippen molar-refractivity contribution in [2.45, 2.75) is 51.9 Å². The van der Waals surface area contributed by atoms with Gasteiger partial charge in [-0.1, -0.05) is 62.2 Å². The first kappa shape index (κ1) is 15.2. The highest BCUT2D eigenvalue weighted by molar-refractivity contribution is 6.69. The van der Waals surface area contributed by atoms with Gasteiger partial charge >= 0.3 is 0 Å². The lowest BCUT2D eigenvalue weighted by Crippen LogP contribution is -2.31. The Bertz CT molecular complexity index is 351. The van der Waals surface area contributed by atoms with Crippen molar-refractivity contribution in [2.75, 3.05) is 0 Å². The molecular weight excluding hydrogens is 236 g/mol. The number of hydrogen-bond donors (Lipinski definition) is 0. The standard InChI is InChI=1S/C16H26OSi/c1-5-6-12-16(17-18(2,3)4)14-13-15-10-8-7-9-11-15/h7-11,13-14,16H,5-6,12H2,1-4H3/b14-13+. The number of unbranched alkanes of at least 4 members (excludes halogenated alkanes) is 1. The quantitative estimate of drug-likeness (QED) is 0.620. The van der Waals surface area contributed by atoms with Crippen LogP contribution in [0.5, 0.6) is 0 Å². The van der Waals surface area contributed by atoms with Crippen LogP contribution in [0.25, 0.3) is 6.08 Å². The van der Waals surface area contributed by atoms with Crippen LogP contribution in [0.3, 0.4) is 0 Å². The minimum absolute atomic E-state index is 0.275. The summed E-state index contributed by atoms with van der Waals surface area (Å²) in [6.45, 7) is 8.99. The highest BCUT2D eigenvalue weighted by Gasteiger charge is 2.18. The van der Waals surface area contributed by atoms with E-state index in [1.807, 2.05) is 6.07 Å². The summed E-state index contributed by atoms with van der Waals surface area (Å²) in [4.78, 5) is 0. The Morgan fingerprint density at radius 3 is 2.39 bits per heavy atom. The summed E-state index contributed by atoms with van der Waals surface area (Å²) in [5, 5.41) is 0. The minimum atomic E-state index is -1.46. The summed E-state index contributed by atoms with van der Waals surface area (Å²) in [7, 11) is -1.46. The summed E-state index contributed by atoms with van der Waals surface area (Å²) >= 11 is 0. The molecule has 0 radical (unpaired) electrons. The Labute approximate surface area is 113 Å². The first-order valence-electron chi connectivity index (χ1n) is 6.92. The summed E-state index contributed by atoms with van der Waals surface area (Å²) < 4.78 is 6.21. The Morgan fingerprint density at radius 2 is 1.83 bits per heavy atom. The van der Waals surface area contributed by atoms with Gasteiger partial charge in [-0.3, -0.25) is 0 Å². The fourth-order valence-corrected chi connectivity index (χ4v) is 2.94. The van der Waals surface area contributed by atoms with Gasteiger partial charge in [0.2, 0.25) is 0 Å². The maximum atomic E-state index is 6.21. The normalized spacial score (nSPS) is 14.0. The van der Waals surface area contributed by atoms with Crippen LogP contribution in [0.4, 0.5) is 0 Å². The molecule has 1 rings (SSSR count). The van der Waals surface area contributed by atoms with Crippen molar-refractivity contribution in [3.05, 3.63) is 42.0 Å². The van der Waals surface area contributed by atoms with Crippen molar-refractivity contribution in [2.24, 2.45) is 0 Å². The van der Waals surface area contributed by atoms with Crippen molar-refractivity contribution >= 4 is 14.4 Å². The fourth-order valence-electron chi connectivity index (χ4n) is 1.84. The highest BCUT2D eigenvalue weighted by Crippen LogP contribution is 2.15. The molecule has 0 amide bonds. The second kappa shape index (κ2) is 7.55. The minimum Gasteiger partial charge on any atom is -0.411 e. The Balaban J connectivity index is 2.63. The van der Waals surface area contributed by atoms with Gasteiger partial charge in [0.25, 0.3) is 0 Å². The zero-order valence-corrected chi connectivity index (χ0v) is 13.1. The molecule has 0 N–H and O–H groups in total. The van der Waals surface area contributed by atoms with Crippen LogP contribution in [-0.2, 0) is 4.43 Å². The molecule has 1 nitrogen and oxygen atoms in total. The third kappa shape index (κ3) is 6.77. The van der Waals surface area contributed by atoms with Gasteiger partial charge < -0.3 is 4.43 Å². The molecule has 0 aliphatic rings. The first-order valence-corrected chi connectivity index (χ1v) is 10.3. The summed E-state index contributed by atoms with van der Waals surface area (Å²) in [5.41, 5.74) is 1.25. The van der Waals surface area contributed by atoms with Crippen molar-refractivity contribution in [3.8, 4) is 0 Å². The van der Waals surface area contributed by atoms with E-state index in [4.69, 9.17) is 4.43 Å². The molecule has 0 spiro atoms. The second-order valence-electron chi connectivity index (χ2n) is 5.68. The molecule has 100 valence electrons. The molecule has 0 aromatic heterocycles. The van der Waals surface area contributed by atoms with E-state index in [1.165, 1.54) is 18.4 Å². The first-order chi connectivity index (χ1) is 8.51. The van der Waals surface area contributed by atoms with E-state index in [0.717, 1.165) is 6.42 Å². The molecule has 0 aliphatic heterocycles. The van der Waals surface area contributed by atoms with Gasteiger partial charge in [0.1, 0.15) is 0 Å². The van der Waals surface area contributed by atoms with Crippen LogP contribution in [-0.4, -0.2) is 14.4 Å². The van der Waals surface area contributed by atoms with Crippen LogP contribution < -0.4 is 0 Å². The van der Waals surface area contributed by atoms with Crippen LogP contribution in [0.2, 0.25) is 19.6 Å². The average molecular weight is 262 g/mol. The lowest BCUT2D eigenvalue weighted by atomic mass is 10.1. The van der Waals surface area contributed by atoms with E-state index < -0.39 is 8.32 Å². The van der Waals surface area contributed by atoms with Crippen LogP contribution >= 0.6 is 0 Å².